The largest absolute Gasteiger partial charge is 0.495 e. The van der Waals surface area contributed by atoms with Gasteiger partial charge in [-0.1, -0.05) is 0 Å². The lowest BCUT2D eigenvalue weighted by Gasteiger charge is -2.23. The van der Waals surface area contributed by atoms with E-state index in [1.807, 2.05) is 0 Å². The van der Waals surface area contributed by atoms with Crippen molar-refractivity contribution in [3.8, 4) is 5.75 Å². The summed E-state index contributed by atoms with van der Waals surface area (Å²) in [5.41, 5.74) is 6.07. The average Bonchev–Trinajstić information content (AvgIpc) is 2.87. The molecule has 6 nitrogen and oxygen atoms in total. The van der Waals surface area contributed by atoms with Crippen LogP contribution in [0.5, 0.6) is 5.75 Å². The number of nitrogen functional groups attached to an aromatic ring is 1. The molecule has 19 heavy (non-hydrogen) atoms. The smallest absolute Gasteiger partial charge is 0.247 e. The molecule has 0 bridgehead atoms. The summed E-state index contributed by atoms with van der Waals surface area (Å²) in [7, 11) is -2.26. The Balaban J connectivity index is 2.45. The van der Waals surface area contributed by atoms with E-state index in [0.717, 1.165) is 6.42 Å². The van der Waals surface area contributed by atoms with Crippen molar-refractivity contribution in [3.63, 3.8) is 0 Å². The first-order valence-electron chi connectivity index (χ1n) is 6.07. The summed E-state index contributed by atoms with van der Waals surface area (Å²) in [6.07, 6.45) is 1.43. The summed E-state index contributed by atoms with van der Waals surface area (Å²) in [4.78, 5) is 0.0875. The predicted octanol–water partition coefficient (Wildman–Crippen LogP) is 0.423. The lowest BCUT2D eigenvalue weighted by molar-refractivity contribution is 0.213. The van der Waals surface area contributed by atoms with Crippen LogP contribution < -0.4 is 10.5 Å². The summed E-state index contributed by atoms with van der Waals surface area (Å²) in [6, 6.07) is 4.10. The first-order chi connectivity index (χ1) is 9.00. The molecule has 0 saturated carbocycles. The van der Waals surface area contributed by atoms with E-state index in [2.05, 4.69) is 0 Å². The third-order valence-electron chi connectivity index (χ3n) is 3.31. The van der Waals surface area contributed by atoms with Crippen LogP contribution in [0.1, 0.15) is 12.8 Å². The van der Waals surface area contributed by atoms with Crippen molar-refractivity contribution in [2.75, 3.05) is 26.0 Å². The number of anilines is 1. The molecule has 1 aromatic carbocycles. The molecule has 0 spiro atoms. The number of hydrogen-bond acceptors (Lipinski definition) is 5. The number of nitrogens with zero attached hydrogens (tertiary/aromatic N) is 1. The van der Waals surface area contributed by atoms with Crippen molar-refractivity contribution in [2.24, 2.45) is 0 Å². The van der Waals surface area contributed by atoms with Gasteiger partial charge in [-0.05, 0) is 25.0 Å². The summed E-state index contributed by atoms with van der Waals surface area (Å²) < 4.78 is 31.6. The van der Waals surface area contributed by atoms with Crippen molar-refractivity contribution in [1.82, 2.24) is 4.31 Å². The van der Waals surface area contributed by atoms with Crippen LogP contribution in [0.4, 0.5) is 5.69 Å². The third kappa shape index (κ3) is 2.54. The minimum atomic E-state index is -3.67. The minimum absolute atomic E-state index is 0.0875. The van der Waals surface area contributed by atoms with Crippen LogP contribution >= 0.6 is 0 Å². The molecule has 0 amide bonds. The second-order valence-electron chi connectivity index (χ2n) is 4.50. The SMILES string of the molecule is COc1cc(N)ccc1S(=O)(=O)N1CCC[C@@H]1CO. The van der Waals surface area contributed by atoms with E-state index in [4.69, 9.17) is 10.5 Å². The highest BCUT2D eigenvalue weighted by atomic mass is 32.2. The second-order valence-corrected chi connectivity index (χ2v) is 6.36. The van der Waals surface area contributed by atoms with Crippen molar-refractivity contribution in [2.45, 2.75) is 23.8 Å². The number of nitrogens with two attached hydrogens (primary N) is 1. The van der Waals surface area contributed by atoms with Crippen LogP contribution in [0.15, 0.2) is 23.1 Å². The Morgan fingerprint density at radius 3 is 2.89 bits per heavy atom. The molecule has 7 heteroatoms. The monoisotopic (exact) mass is 286 g/mol. The van der Waals surface area contributed by atoms with Crippen molar-refractivity contribution >= 4 is 15.7 Å². The molecule has 1 aromatic rings. The fourth-order valence-electron chi connectivity index (χ4n) is 2.33. The molecule has 0 unspecified atom stereocenters. The molecule has 1 heterocycles. The number of aliphatic hydroxyl groups excluding tert-OH is 1. The molecule has 1 aliphatic heterocycles. The van der Waals surface area contributed by atoms with Gasteiger partial charge in [-0.2, -0.15) is 4.31 Å². The van der Waals surface area contributed by atoms with Crippen LogP contribution in [0, 0.1) is 0 Å². The second kappa shape index (κ2) is 5.36. The Bertz CT molecular complexity index is 559. The van der Waals surface area contributed by atoms with Gasteiger partial charge in [0.25, 0.3) is 0 Å². The average molecular weight is 286 g/mol. The Hall–Kier alpha value is -1.31. The predicted molar refractivity (Wildman–Crippen MR) is 71.4 cm³/mol. The number of sulfonamides is 1. The maximum atomic E-state index is 12.6. The number of methoxy groups -OCH3 is 1. The summed E-state index contributed by atoms with van der Waals surface area (Å²) in [6.45, 7) is 0.248. The zero-order valence-electron chi connectivity index (χ0n) is 10.7. The Morgan fingerprint density at radius 1 is 1.53 bits per heavy atom. The third-order valence-corrected chi connectivity index (χ3v) is 5.30. The number of aliphatic hydroxyl groups is 1. The standard InChI is InChI=1S/C12H18N2O4S/c1-18-11-7-9(13)4-5-12(11)19(16,17)14-6-2-3-10(14)8-15/h4-5,7,10,15H,2-3,6,8,13H2,1H3/t10-/m1/s1. The quantitative estimate of drug-likeness (QED) is 0.783. The van der Waals surface area contributed by atoms with E-state index in [-0.39, 0.29) is 23.3 Å². The fourth-order valence-corrected chi connectivity index (χ4v) is 4.15. The Kier molecular flexibility index (Phi) is 3.98. The summed E-state index contributed by atoms with van der Waals surface area (Å²) >= 11 is 0. The number of ether oxygens (including phenoxy) is 1. The van der Waals surface area contributed by atoms with Crippen LogP contribution in [-0.2, 0) is 10.0 Å². The number of rotatable bonds is 4. The first-order valence-corrected chi connectivity index (χ1v) is 7.51. The van der Waals surface area contributed by atoms with Gasteiger partial charge in [0, 0.05) is 24.3 Å². The van der Waals surface area contributed by atoms with Crippen LogP contribution in [0.2, 0.25) is 0 Å². The molecular formula is C12H18N2O4S. The van der Waals surface area contributed by atoms with E-state index >= 15 is 0 Å². The molecule has 0 aromatic heterocycles. The number of hydrogen-bond donors (Lipinski definition) is 2. The van der Waals surface area contributed by atoms with E-state index in [1.165, 1.54) is 29.6 Å². The molecular weight excluding hydrogens is 268 g/mol. The molecule has 2 rings (SSSR count). The van der Waals surface area contributed by atoms with Crippen molar-refractivity contribution < 1.29 is 18.3 Å². The maximum Gasteiger partial charge on any atom is 0.247 e. The van der Waals surface area contributed by atoms with Gasteiger partial charge in [0.15, 0.2) is 0 Å². The highest BCUT2D eigenvalue weighted by Crippen LogP contribution is 2.32. The molecule has 3 N–H and O–H groups in total. The van der Waals surface area contributed by atoms with Crippen LogP contribution in [0.25, 0.3) is 0 Å². The van der Waals surface area contributed by atoms with E-state index in [9.17, 15) is 13.5 Å². The van der Waals surface area contributed by atoms with E-state index < -0.39 is 10.0 Å². The van der Waals surface area contributed by atoms with Crippen LogP contribution in [-0.4, -0.2) is 44.1 Å². The van der Waals surface area contributed by atoms with Gasteiger partial charge < -0.3 is 15.6 Å². The molecule has 1 saturated heterocycles. The minimum Gasteiger partial charge on any atom is -0.495 e. The van der Waals surface area contributed by atoms with Gasteiger partial charge in [-0.15, -0.1) is 0 Å². The van der Waals surface area contributed by atoms with Gasteiger partial charge in [0.1, 0.15) is 10.6 Å². The van der Waals surface area contributed by atoms with Crippen molar-refractivity contribution in [3.05, 3.63) is 18.2 Å². The molecule has 106 valence electrons. The normalized spacial score (nSPS) is 20.6. The van der Waals surface area contributed by atoms with E-state index in [0.29, 0.717) is 18.7 Å². The Morgan fingerprint density at radius 2 is 2.26 bits per heavy atom. The van der Waals surface area contributed by atoms with Crippen molar-refractivity contribution in [1.29, 1.82) is 0 Å². The highest BCUT2D eigenvalue weighted by Gasteiger charge is 2.36. The van der Waals surface area contributed by atoms with Gasteiger partial charge in [0.2, 0.25) is 10.0 Å². The zero-order valence-corrected chi connectivity index (χ0v) is 11.6. The first kappa shape index (κ1) is 14.1. The van der Waals surface area contributed by atoms with Gasteiger partial charge in [-0.3, -0.25) is 0 Å². The topological polar surface area (TPSA) is 92.9 Å². The highest BCUT2D eigenvalue weighted by molar-refractivity contribution is 7.89. The molecule has 0 radical (unpaired) electrons. The molecule has 0 aliphatic carbocycles. The van der Waals surface area contributed by atoms with E-state index in [1.54, 1.807) is 0 Å². The molecule has 1 aliphatic rings. The molecule has 1 fully saturated rings. The van der Waals surface area contributed by atoms with Gasteiger partial charge in [0.05, 0.1) is 13.7 Å². The lowest BCUT2D eigenvalue weighted by Crippen LogP contribution is -2.37. The fraction of sp³-hybridized carbons (Fsp3) is 0.500. The number of benzene rings is 1. The van der Waals surface area contributed by atoms with Gasteiger partial charge in [-0.25, -0.2) is 8.42 Å². The summed E-state index contributed by atoms with van der Waals surface area (Å²) in [5, 5.41) is 9.26. The summed E-state index contributed by atoms with van der Waals surface area (Å²) in [5.74, 6) is 0.226. The Labute approximate surface area is 112 Å². The molecule has 1 atom stereocenters. The lowest BCUT2D eigenvalue weighted by atomic mass is 10.2. The van der Waals surface area contributed by atoms with Gasteiger partial charge >= 0.3 is 0 Å². The zero-order chi connectivity index (χ0) is 14.0. The van der Waals surface area contributed by atoms with Crippen LogP contribution in [0.3, 0.4) is 0 Å². The maximum absolute atomic E-state index is 12.6.